The van der Waals surface area contributed by atoms with E-state index in [0.29, 0.717) is 12.2 Å². The average Bonchev–Trinajstić information content (AvgIpc) is 2.87. The lowest BCUT2D eigenvalue weighted by Gasteiger charge is -2.34. The molecule has 3 rings (SSSR count). The highest BCUT2D eigenvalue weighted by Crippen LogP contribution is 2.47. The van der Waals surface area contributed by atoms with E-state index in [0.717, 1.165) is 27.4 Å². The SMILES string of the molecule is NCC1(C(O)c2ncc(Br)cc2Br)CCc2ccccc21. The molecule has 1 heterocycles. The second-order valence-corrected chi connectivity index (χ2v) is 7.21. The summed E-state index contributed by atoms with van der Waals surface area (Å²) in [4.78, 5) is 4.39. The number of hydrogen-bond acceptors (Lipinski definition) is 3. The number of aliphatic hydroxyl groups excluding tert-OH is 1. The second-order valence-electron chi connectivity index (χ2n) is 5.44. The number of nitrogens with two attached hydrogens (primary N) is 1. The Balaban J connectivity index is 2.09. The predicted octanol–water partition coefficient (Wildman–Crippen LogP) is 3.48. The van der Waals surface area contributed by atoms with Crippen molar-refractivity contribution >= 4 is 31.9 Å². The van der Waals surface area contributed by atoms with Crippen LogP contribution in [0, 0.1) is 0 Å². The third-order valence-corrected chi connectivity index (χ3v) is 5.45. The summed E-state index contributed by atoms with van der Waals surface area (Å²) >= 11 is 6.88. The Morgan fingerprint density at radius 2 is 2.10 bits per heavy atom. The number of aryl methyl sites for hydroxylation is 1. The smallest absolute Gasteiger partial charge is 0.108 e. The van der Waals surface area contributed by atoms with Gasteiger partial charge < -0.3 is 10.8 Å². The van der Waals surface area contributed by atoms with Crippen molar-refractivity contribution in [2.45, 2.75) is 24.4 Å². The molecule has 2 atom stereocenters. The van der Waals surface area contributed by atoms with Crippen LogP contribution >= 0.6 is 31.9 Å². The standard InChI is InChI=1S/C16H16Br2N2O/c17-11-7-13(18)14(20-8-11)15(21)16(9-19)6-5-10-3-1-2-4-12(10)16/h1-4,7-8,15,21H,5-6,9,19H2. The van der Waals surface area contributed by atoms with Crippen molar-refractivity contribution in [2.24, 2.45) is 5.73 Å². The van der Waals surface area contributed by atoms with Gasteiger partial charge in [-0.3, -0.25) is 4.98 Å². The fourth-order valence-corrected chi connectivity index (χ4v) is 4.42. The van der Waals surface area contributed by atoms with Crippen LogP contribution in [0.15, 0.2) is 45.5 Å². The minimum Gasteiger partial charge on any atom is -0.386 e. The molecule has 2 unspecified atom stereocenters. The first-order valence-electron chi connectivity index (χ1n) is 6.86. The van der Waals surface area contributed by atoms with E-state index in [9.17, 15) is 5.11 Å². The lowest BCUT2D eigenvalue weighted by atomic mass is 9.75. The number of pyridine rings is 1. The molecule has 1 aromatic heterocycles. The Labute approximate surface area is 140 Å². The maximum absolute atomic E-state index is 11.0. The van der Waals surface area contributed by atoms with E-state index < -0.39 is 11.5 Å². The first-order chi connectivity index (χ1) is 10.1. The fraction of sp³-hybridized carbons (Fsp3) is 0.312. The Kier molecular flexibility index (Phi) is 4.19. The van der Waals surface area contributed by atoms with Crippen molar-refractivity contribution in [1.29, 1.82) is 0 Å². The number of hydrogen-bond donors (Lipinski definition) is 2. The van der Waals surface area contributed by atoms with Crippen LogP contribution in [-0.4, -0.2) is 16.6 Å². The summed E-state index contributed by atoms with van der Waals surface area (Å²) in [5.74, 6) is 0. The van der Waals surface area contributed by atoms with Gasteiger partial charge in [-0.1, -0.05) is 24.3 Å². The summed E-state index contributed by atoms with van der Waals surface area (Å²) in [6.07, 6.45) is 2.76. The van der Waals surface area contributed by atoms with E-state index in [-0.39, 0.29) is 0 Å². The van der Waals surface area contributed by atoms with E-state index in [1.807, 2.05) is 18.2 Å². The predicted molar refractivity (Wildman–Crippen MR) is 90.1 cm³/mol. The van der Waals surface area contributed by atoms with Gasteiger partial charge in [-0.15, -0.1) is 0 Å². The highest BCUT2D eigenvalue weighted by atomic mass is 79.9. The van der Waals surface area contributed by atoms with Gasteiger partial charge >= 0.3 is 0 Å². The number of fused-ring (bicyclic) bond motifs is 1. The second kappa shape index (κ2) is 5.80. The molecule has 1 aliphatic carbocycles. The van der Waals surface area contributed by atoms with Gasteiger partial charge in [-0.25, -0.2) is 0 Å². The molecule has 1 aromatic carbocycles. The summed E-state index contributed by atoms with van der Waals surface area (Å²) in [6.45, 7) is 0.398. The molecule has 0 saturated heterocycles. The van der Waals surface area contributed by atoms with Gasteiger partial charge in [0.15, 0.2) is 0 Å². The lowest BCUT2D eigenvalue weighted by Crippen LogP contribution is -2.39. The lowest BCUT2D eigenvalue weighted by molar-refractivity contribution is 0.0795. The molecule has 0 bridgehead atoms. The van der Waals surface area contributed by atoms with Crippen LogP contribution in [0.25, 0.3) is 0 Å². The summed E-state index contributed by atoms with van der Waals surface area (Å²) in [6, 6.07) is 10.1. The Morgan fingerprint density at radius 3 is 2.81 bits per heavy atom. The number of aliphatic hydroxyl groups is 1. The van der Waals surface area contributed by atoms with E-state index >= 15 is 0 Å². The van der Waals surface area contributed by atoms with Crippen molar-refractivity contribution in [3.63, 3.8) is 0 Å². The first kappa shape index (κ1) is 15.2. The zero-order chi connectivity index (χ0) is 15.0. The molecule has 2 aromatic rings. The van der Waals surface area contributed by atoms with E-state index in [1.165, 1.54) is 5.56 Å². The zero-order valence-corrected chi connectivity index (χ0v) is 14.6. The van der Waals surface area contributed by atoms with Gasteiger partial charge in [-0.05, 0) is 61.9 Å². The number of halogens is 2. The summed E-state index contributed by atoms with van der Waals surface area (Å²) in [5, 5.41) is 11.0. The largest absolute Gasteiger partial charge is 0.386 e. The number of aromatic nitrogens is 1. The zero-order valence-electron chi connectivity index (χ0n) is 11.4. The highest BCUT2D eigenvalue weighted by Gasteiger charge is 2.45. The quantitative estimate of drug-likeness (QED) is 0.812. The molecule has 1 aliphatic rings. The topological polar surface area (TPSA) is 59.1 Å². The van der Waals surface area contributed by atoms with Gasteiger partial charge in [-0.2, -0.15) is 0 Å². The fourth-order valence-electron chi connectivity index (χ4n) is 3.21. The van der Waals surface area contributed by atoms with E-state index in [2.05, 4.69) is 49.0 Å². The molecular weight excluding hydrogens is 396 g/mol. The van der Waals surface area contributed by atoms with Gasteiger partial charge in [0.1, 0.15) is 6.10 Å². The minimum atomic E-state index is -0.728. The number of benzene rings is 1. The molecule has 3 nitrogen and oxygen atoms in total. The molecule has 0 amide bonds. The first-order valence-corrected chi connectivity index (χ1v) is 8.44. The summed E-state index contributed by atoms with van der Waals surface area (Å²) < 4.78 is 1.67. The van der Waals surface area contributed by atoms with Crippen LogP contribution in [-0.2, 0) is 11.8 Å². The molecular formula is C16H16Br2N2O. The molecule has 0 saturated carbocycles. The van der Waals surface area contributed by atoms with Crippen molar-refractivity contribution in [3.8, 4) is 0 Å². The maximum Gasteiger partial charge on any atom is 0.108 e. The molecule has 0 fully saturated rings. The molecule has 0 spiro atoms. The highest BCUT2D eigenvalue weighted by molar-refractivity contribution is 9.11. The third-order valence-electron chi connectivity index (χ3n) is 4.38. The van der Waals surface area contributed by atoms with Crippen molar-refractivity contribution in [2.75, 3.05) is 6.54 Å². The summed E-state index contributed by atoms with van der Waals surface area (Å²) in [7, 11) is 0. The Hall–Kier alpha value is -0.750. The van der Waals surface area contributed by atoms with Crippen LogP contribution < -0.4 is 5.73 Å². The van der Waals surface area contributed by atoms with Crippen LogP contribution in [0.2, 0.25) is 0 Å². The van der Waals surface area contributed by atoms with Gasteiger partial charge in [0.25, 0.3) is 0 Å². The molecule has 0 radical (unpaired) electrons. The van der Waals surface area contributed by atoms with Gasteiger partial charge in [0, 0.05) is 27.1 Å². The van der Waals surface area contributed by atoms with Crippen LogP contribution in [0.3, 0.4) is 0 Å². The van der Waals surface area contributed by atoms with Crippen LogP contribution in [0.4, 0.5) is 0 Å². The van der Waals surface area contributed by atoms with Crippen LogP contribution in [0.5, 0.6) is 0 Å². The summed E-state index contributed by atoms with van der Waals surface area (Å²) in [5.41, 5.74) is 8.69. The third kappa shape index (κ3) is 2.46. The van der Waals surface area contributed by atoms with E-state index in [1.54, 1.807) is 6.20 Å². The van der Waals surface area contributed by atoms with Crippen LogP contribution in [0.1, 0.15) is 29.3 Å². The number of nitrogens with zero attached hydrogens (tertiary/aromatic N) is 1. The maximum atomic E-state index is 11.0. The van der Waals surface area contributed by atoms with Gasteiger partial charge in [0.2, 0.25) is 0 Å². The minimum absolute atomic E-state index is 0.398. The average molecular weight is 412 g/mol. The number of rotatable bonds is 3. The Morgan fingerprint density at radius 1 is 1.33 bits per heavy atom. The van der Waals surface area contributed by atoms with Crippen molar-refractivity contribution in [1.82, 2.24) is 4.98 Å². The normalized spacial score (nSPS) is 22.1. The molecule has 3 N–H and O–H groups in total. The molecule has 21 heavy (non-hydrogen) atoms. The molecule has 5 heteroatoms. The van der Waals surface area contributed by atoms with E-state index in [4.69, 9.17) is 5.73 Å². The van der Waals surface area contributed by atoms with Crippen molar-refractivity contribution in [3.05, 3.63) is 62.3 Å². The monoisotopic (exact) mass is 410 g/mol. The Bertz CT molecular complexity index is 677. The molecule has 110 valence electrons. The van der Waals surface area contributed by atoms with Gasteiger partial charge in [0.05, 0.1) is 5.69 Å². The van der Waals surface area contributed by atoms with Crippen molar-refractivity contribution < 1.29 is 5.11 Å². The molecule has 0 aliphatic heterocycles.